The number of amides is 4. The van der Waals surface area contributed by atoms with Crippen LogP contribution >= 0.6 is 23.2 Å². The van der Waals surface area contributed by atoms with Crippen molar-refractivity contribution in [2.45, 2.75) is 6.61 Å². The standard InChI is InChI=1S/C26H27Cl2N9O5/c1-36(2)10-9-29-25(40)33-19-11-22(31-14-30-19)42-18-8-7-17(23(27)24(18)28)32-26(41)34-20-12-21(39)35-37(20)16-5-3-15(13-38)4-6-16/h3-8,11-12,14,38H,9-10,13H2,1-2H3,(H,35,39)(H2,32,34,41)(H2,29,30,31,33,40). The summed E-state index contributed by atoms with van der Waals surface area (Å²) in [5.41, 5.74) is 0.977. The van der Waals surface area contributed by atoms with Crippen molar-refractivity contribution in [2.24, 2.45) is 0 Å². The maximum absolute atomic E-state index is 12.8. The first-order chi connectivity index (χ1) is 20.1. The van der Waals surface area contributed by atoms with Crippen molar-refractivity contribution in [3.05, 3.63) is 80.8 Å². The van der Waals surface area contributed by atoms with E-state index in [2.05, 4.69) is 36.3 Å². The first-order valence-electron chi connectivity index (χ1n) is 12.4. The summed E-state index contributed by atoms with van der Waals surface area (Å²) in [6, 6.07) is 11.2. The van der Waals surface area contributed by atoms with Crippen molar-refractivity contribution in [1.29, 1.82) is 0 Å². The number of aromatic amines is 1. The monoisotopic (exact) mass is 615 g/mol. The molecule has 6 N–H and O–H groups in total. The molecule has 0 radical (unpaired) electrons. The van der Waals surface area contributed by atoms with Crippen molar-refractivity contribution in [3.63, 3.8) is 0 Å². The van der Waals surface area contributed by atoms with Crippen LogP contribution in [0.1, 0.15) is 5.56 Å². The van der Waals surface area contributed by atoms with E-state index in [0.29, 0.717) is 24.3 Å². The highest BCUT2D eigenvalue weighted by Crippen LogP contribution is 2.39. The lowest BCUT2D eigenvalue weighted by atomic mass is 10.2. The molecule has 16 heteroatoms. The molecule has 42 heavy (non-hydrogen) atoms. The lowest BCUT2D eigenvalue weighted by Gasteiger charge is -2.14. The summed E-state index contributed by atoms with van der Waals surface area (Å²) in [7, 11) is 3.79. The Balaban J connectivity index is 1.41. The van der Waals surface area contributed by atoms with E-state index in [1.807, 2.05) is 19.0 Å². The lowest BCUT2D eigenvalue weighted by molar-refractivity contribution is 0.250. The number of urea groups is 2. The number of hydrogen-bond acceptors (Lipinski definition) is 8. The van der Waals surface area contributed by atoms with Crippen molar-refractivity contribution in [1.82, 2.24) is 30.0 Å². The number of H-pyrrole nitrogens is 1. The Labute approximate surface area is 249 Å². The first-order valence-corrected chi connectivity index (χ1v) is 13.2. The van der Waals surface area contributed by atoms with E-state index >= 15 is 0 Å². The molecule has 0 atom stereocenters. The van der Waals surface area contributed by atoms with Gasteiger partial charge in [0.15, 0.2) is 0 Å². The van der Waals surface area contributed by atoms with Gasteiger partial charge in [-0.3, -0.25) is 20.5 Å². The summed E-state index contributed by atoms with van der Waals surface area (Å²) >= 11 is 12.8. The predicted octanol–water partition coefficient (Wildman–Crippen LogP) is 3.87. The number of anilines is 3. The molecule has 0 fully saturated rings. The number of aromatic nitrogens is 4. The highest BCUT2D eigenvalue weighted by atomic mass is 35.5. The second-order valence-corrected chi connectivity index (χ2v) is 9.77. The highest BCUT2D eigenvalue weighted by Gasteiger charge is 2.17. The van der Waals surface area contributed by atoms with Gasteiger partial charge >= 0.3 is 12.1 Å². The van der Waals surface area contributed by atoms with Crippen LogP contribution < -0.4 is 31.6 Å². The van der Waals surface area contributed by atoms with Crippen molar-refractivity contribution >= 4 is 52.6 Å². The van der Waals surface area contributed by atoms with Gasteiger partial charge in [0.1, 0.15) is 28.7 Å². The smallest absolute Gasteiger partial charge is 0.324 e. The van der Waals surface area contributed by atoms with Crippen LogP contribution in [0, 0.1) is 0 Å². The number of nitrogens with one attached hydrogen (secondary N) is 5. The molecule has 0 unspecified atom stereocenters. The van der Waals surface area contributed by atoms with Crippen LogP contribution in [0.4, 0.5) is 26.9 Å². The van der Waals surface area contributed by atoms with Gasteiger partial charge in [0, 0.05) is 25.2 Å². The average molecular weight is 616 g/mol. The molecule has 4 aromatic rings. The number of likely N-dealkylation sites (N-methyl/N-ethyl adjacent to an activating group) is 1. The fraction of sp³-hybridized carbons (Fsp3) is 0.192. The van der Waals surface area contributed by atoms with E-state index in [9.17, 15) is 19.5 Å². The summed E-state index contributed by atoms with van der Waals surface area (Å²) in [5.74, 6) is 0.587. The second-order valence-electron chi connectivity index (χ2n) is 9.01. The fourth-order valence-corrected chi connectivity index (χ4v) is 3.95. The third-order valence-corrected chi connectivity index (χ3v) is 6.45. The van der Waals surface area contributed by atoms with Gasteiger partial charge in [-0.1, -0.05) is 35.3 Å². The molecule has 14 nitrogen and oxygen atoms in total. The largest absolute Gasteiger partial charge is 0.437 e. The van der Waals surface area contributed by atoms with Crippen LogP contribution in [0.15, 0.2) is 59.7 Å². The number of aliphatic hydroxyl groups excluding tert-OH is 1. The van der Waals surface area contributed by atoms with Crippen molar-refractivity contribution in [3.8, 4) is 17.3 Å². The van der Waals surface area contributed by atoms with E-state index < -0.39 is 17.6 Å². The Morgan fingerprint density at radius 1 is 1.00 bits per heavy atom. The number of carbonyl (C=O) groups is 2. The van der Waals surface area contributed by atoms with Crippen LogP contribution in [0.25, 0.3) is 5.69 Å². The van der Waals surface area contributed by atoms with Gasteiger partial charge in [-0.15, -0.1) is 0 Å². The molecule has 2 aromatic heterocycles. The van der Waals surface area contributed by atoms with Gasteiger partial charge in [-0.05, 0) is 43.9 Å². The van der Waals surface area contributed by atoms with E-state index in [1.165, 1.54) is 35.3 Å². The first kappa shape index (κ1) is 30.3. The Hall–Kier alpha value is -4.63. The summed E-state index contributed by atoms with van der Waals surface area (Å²) < 4.78 is 7.11. The van der Waals surface area contributed by atoms with E-state index in [4.69, 9.17) is 27.9 Å². The molecule has 4 rings (SSSR count). The number of benzene rings is 2. The highest BCUT2D eigenvalue weighted by molar-refractivity contribution is 6.45. The molecule has 220 valence electrons. The van der Waals surface area contributed by atoms with Crippen LogP contribution in [0.2, 0.25) is 10.0 Å². The Morgan fingerprint density at radius 3 is 2.48 bits per heavy atom. The number of ether oxygens (including phenoxy) is 1. The van der Waals surface area contributed by atoms with E-state index in [0.717, 1.165) is 0 Å². The molecule has 0 spiro atoms. The molecule has 0 aliphatic rings. The molecule has 0 aliphatic carbocycles. The van der Waals surface area contributed by atoms with Gasteiger partial charge in [-0.2, -0.15) is 0 Å². The minimum Gasteiger partial charge on any atom is -0.437 e. The van der Waals surface area contributed by atoms with Crippen LogP contribution in [0.5, 0.6) is 11.6 Å². The minimum atomic E-state index is -0.697. The third-order valence-electron chi connectivity index (χ3n) is 5.59. The molecule has 2 aromatic carbocycles. The second kappa shape index (κ2) is 13.8. The Bertz CT molecular complexity index is 1620. The molecule has 0 bridgehead atoms. The van der Waals surface area contributed by atoms with Crippen LogP contribution in [0.3, 0.4) is 0 Å². The predicted molar refractivity (Wildman–Crippen MR) is 159 cm³/mol. The molecule has 2 heterocycles. The summed E-state index contributed by atoms with van der Waals surface area (Å²) in [5, 5.41) is 22.3. The zero-order valence-electron chi connectivity index (χ0n) is 22.4. The molecular weight excluding hydrogens is 589 g/mol. The van der Waals surface area contributed by atoms with Crippen LogP contribution in [-0.4, -0.2) is 69.0 Å². The molecule has 4 amide bonds. The zero-order valence-corrected chi connectivity index (χ0v) is 24.0. The minimum absolute atomic E-state index is 0.00783. The fourth-order valence-electron chi connectivity index (χ4n) is 3.54. The topological polar surface area (TPSA) is 179 Å². The van der Waals surface area contributed by atoms with Gasteiger partial charge in [0.25, 0.3) is 5.56 Å². The average Bonchev–Trinajstić information content (AvgIpc) is 3.32. The number of aliphatic hydroxyl groups is 1. The number of carbonyl (C=O) groups excluding carboxylic acids is 2. The van der Waals surface area contributed by atoms with Crippen molar-refractivity contribution < 1.29 is 19.4 Å². The Kier molecular flexibility index (Phi) is 9.98. The molecule has 0 saturated heterocycles. The lowest BCUT2D eigenvalue weighted by Crippen LogP contribution is -2.34. The zero-order chi connectivity index (χ0) is 30.2. The summed E-state index contributed by atoms with van der Waals surface area (Å²) in [6.07, 6.45) is 1.21. The van der Waals surface area contributed by atoms with Crippen LogP contribution in [-0.2, 0) is 6.61 Å². The number of nitrogens with zero attached hydrogens (tertiary/aromatic N) is 4. The molecule has 0 saturated carbocycles. The third kappa shape index (κ3) is 7.98. The number of halogens is 2. The quantitative estimate of drug-likeness (QED) is 0.155. The van der Waals surface area contributed by atoms with Crippen molar-refractivity contribution in [2.75, 3.05) is 43.1 Å². The molecule has 0 aliphatic heterocycles. The van der Waals surface area contributed by atoms with E-state index in [-0.39, 0.29) is 45.6 Å². The summed E-state index contributed by atoms with van der Waals surface area (Å²) in [4.78, 5) is 46.8. The van der Waals surface area contributed by atoms with Gasteiger partial charge in [0.2, 0.25) is 5.88 Å². The molecular formula is C26H27Cl2N9O5. The number of rotatable bonds is 10. The number of hydrogen-bond donors (Lipinski definition) is 6. The van der Waals surface area contributed by atoms with Gasteiger partial charge < -0.3 is 25.4 Å². The maximum atomic E-state index is 12.8. The Morgan fingerprint density at radius 2 is 1.76 bits per heavy atom. The summed E-state index contributed by atoms with van der Waals surface area (Å²) in [6.45, 7) is 0.992. The normalized spacial score (nSPS) is 10.8. The maximum Gasteiger partial charge on any atom is 0.324 e. The SMILES string of the molecule is CN(C)CCNC(=O)Nc1cc(Oc2ccc(NC(=O)Nc3cc(=O)[nH]n3-c3ccc(CO)cc3)c(Cl)c2Cl)ncn1. The van der Waals surface area contributed by atoms with Gasteiger partial charge in [-0.25, -0.2) is 24.2 Å². The van der Waals surface area contributed by atoms with E-state index in [1.54, 1.807) is 24.3 Å². The van der Waals surface area contributed by atoms with Gasteiger partial charge in [0.05, 0.1) is 23.0 Å².